The number of likely N-dealkylation sites (tertiary alicyclic amines) is 1. The van der Waals surface area contributed by atoms with Gasteiger partial charge in [0.05, 0.1) is 0 Å². The molecule has 0 aromatic carbocycles. The van der Waals surface area contributed by atoms with Gasteiger partial charge in [0, 0.05) is 29.9 Å². The van der Waals surface area contributed by atoms with Gasteiger partial charge in [0.1, 0.15) is 5.82 Å². The number of pyridine rings is 1. The Morgan fingerprint density at radius 2 is 2.00 bits per heavy atom. The Labute approximate surface area is 136 Å². The minimum atomic E-state index is 0.471. The second-order valence-electron chi connectivity index (χ2n) is 7.06. The van der Waals surface area contributed by atoms with E-state index in [-0.39, 0.29) is 0 Å². The molecule has 3 heteroatoms. The fourth-order valence-electron chi connectivity index (χ4n) is 3.78. The maximum absolute atomic E-state index is 4.78. The van der Waals surface area contributed by atoms with E-state index in [1.54, 1.807) is 0 Å². The zero-order valence-corrected chi connectivity index (χ0v) is 15.0. The lowest BCUT2D eigenvalue weighted by Gasteiger charge is -2.35. The first-order valence-electron chi connectivity index (χ1n) is 9.03. The van der Waals surface area contributed by atoms with Crippen LogP contribution in [0.2, 0.25) is 0 Å². The normalized spacial score (nSPS) is 19.3. The van der Waals surface area contributed by atoms with Crippen LogP contribution in [0.1, 0.15) is 71.9 Å². The Bertz CT molecular complexity index is 448. The van der Waals surface area contributed by atoms with E-state index in [0.717, 1.165) is 0 Å². The number of anilines is 1. The average molecular weight is 303 g/mol. The third-order valence-electron chi connectivity index (χ3n) is 4.70. The standard InChI is InChI=1S/C19H33N3/c1-6-7-13-21-14-9-11-18(21)17-10-8-12-20-19(17)22(15(2)3)16(4)5/h8,10,12,15-16,18H,6-7,9,11,13-14H2,1-5H3/t18-/m1/s1. The summed E-state index contributed by atoms with van der Waals surface area (Å²) in [5.74, 6) is 1.20. The third kappa shape index (κ3) is 3.81. The monoisotopic (exact) mass is 303 g/mol. The molecule has 22 heavy (non-hydrogen) atoms. The average Bonchev–Trinajstić information content (AvgIpc) is 2.93. The van der Waals surface area contributed by atoms with Crippen molar-refractivity contribution >= 4 is 5.82 Å². The highest BCUT2D eigenvalue weighted by molar-refractivity contribution is 5.50. The Kier molecular flexibility index (Phi) is 6.25. The number of rotatable bonds is 7. The Morgan fingerprint density at radius 3 is 2.64 bits per heavy atom. The first-order chi connectivity index (χ1) is 10.6. The molecule has 0 amide bonds. The maximum atomic E-state index is 4.78. The molecule has 2 rings (SSSR count). The molecule has 0 bridgehead atoms. The number of aromatic nitrogens is 1. The van der Waals surface area contributed by atoms with Gasteiger partial charge in [0.2, 0.25) is 0 Å². The Balaban J connectivity index is 2.31. The van der Waals surface area contributed by atoms with Gasteiger partial charge in [-0.3, -0.25) is 4.90 Å². The van der Waals surface area contributed by atoms with Crippen molar-refractivity contribution in [3.63, 3.8) is 0 Å². The van der Waals surface area contributed by atoms with Gasteiger partial charge in [-0.2, -0.15) is 0 Å². The van der Waals surface area contributed by atoms with E-state index in [1.807, 2.05) is 6.20 Å². The molecule has 3 nitrogen and oxygen atoms in total. The molecular formula is C19H33N3. The van der Waals surface area contributed by atoms with Crippen LogP contribution in [0.25, 0.3) is 0 Å². The molecule has 1 aromatic heterocycles. The van der Waals surface area contributed by atoms with Crippen molar-refractivity contribution in [2.45, 2.75) is 78.4 Å². The molecule has 0 spiro atoms. The topological polar surface area (TPSA) is 19.4 Å². The summed E-state index contributed by atoms with van der Waals surface area (Å²) < 4.78 is 0. The zero-order chi connectivity index (χ0) is 16.1. The smallest absolute Gasteiger partial charge is 0.133 e. The number of unbranched alkanes of at least 4 members (excludes halogenated alkanes) is 1. The molecule has 0 aliphatic carbocycles. The summed E-state index contributed by atoms with van der Waals surface area (Å²) in [7, 11) is 0. The lowest BCUT2D eigenvalue weighted by atomic mass is 10.0. The van der Waals surface area contributed by atoms with Crippen LogP contribution in [0.15, 0.2) is 18.3 Å². The largest absolute Gasteiger partial charge is 0.351 e. The van der Waals surface area contributed by atoms with Crippen LogP contribution in [-0.2, 0) is 0 Å². The summed E-state index contributed by atoms with van der Waals surface area (Å²) in [5, 5.41) is 0. The maximum Gasteiger partial charge on any atom is 0.133 e. The summed E-state index contributed by atoms with van der Waals surface area (Å²) >= 11 is 0. The van der Waals surface area contributed by atoms with Gasteiger partial charge in [-0.1, -0.05) is 19.4 Å². The predicted octanol–water partition coefficient (Wildman–Crippen LogP) is 4.64. The molecule has 0 radical (unpaired) electrons. The van der Waals surface area contributed by atoms with E-state index in [4.69, 9.17) is 4.98 Å². The van der Waals surface area contributed by atoms with Crippen LogP contribution in [-0.4, -0.2) is 35.1 Å². The van der Waals surface area contributed by atoms with E-state index in [0.29, 0.717) is 18.1 Å². The van der Waals surface area contributed by atoms with Crippen molar-refractivity contribution in [2.75, 3.05) is 18.0 Å². The molecule has 0 unspecified atom stereocenters. The molecule has 1 aliphatic heterocycles. The van der Waals surface area contributed by atoms with Gasteiger partial charge >= 0.3 is 0 Å². The van der Waals surface area contributed by atoms with Crippen LogP contribution < -0.4 is 4.90 Å². The number of hydrogen-bond acceptors (Lipinski definition) is 3. The second kappa shape index (κ2) is 7.96. The van der Waals surface area contributed by atoms with Crippen LogP contribution in [0.4, 0.5) is 5.82 Å². The van der Waals surface area contributed by atoms with Gasteiger partial charge < -0.3 is 4.90 Å². The minimum Gasteiger partial charge on any atom is -0.351 e. The van der Waals surface area contributed by atoms with Crippen LogP contribution in [0.3, 0.4) is 0 Å². The van der Waals surface area contributed by atoms with Gasteiger partial charge in [0.25, 0.3) is 0 Å². The molecule has 0 N–H and O–H groups in total. The van der Waals surface area contributed by atoms with Crippen molar-refractivity contribution in [2.24, 2.45) is 0 Å². The second-order valence-corrected chi connectivity index (χ2v) is 7.06. The van der Waals surface area contributed by atoms with Crippen molar-refractivity contribution < 1.29 is 0 Å². The molecule has 124 valence electrons. The van der Waals surface area contributed by atoms with E-state index >= 15 is 0 Å². The first-order valence-corrected chi connectivity index (χ1v) is 9.03. The van der Waals surface area contributed by atoms with Crippen LogP contribution >= 0.6 is 0 Å². The lowest BCUT2D eigenvalue weighted by molar-refractivity contribution is 0.253. The molecule has 1 saturated heterocycles. The highest BCUT2D eigenvalue weighted by Gasteiger charge is 2.30. The summed E-state index contributed by atoms with van der Waals surface area (Å²) in [6, 6.07) is 5.90. The van der Waals surface area contributed by atoms with Gasteiger partial charge in [-0.25, -0.2) is 4.98 Å². The van der Waals surface area contributed by atoms with Gasteiger partial charge in [-0.15, -0.1) is 0 Å². The lowest BCUT2D eigenvalue weighted by Crippen LogP contribution is -2.39. The first kappa shape index (κ1) is 17.3. The molecule has 1 aliphatic rings. The van der Waals surface area contributed by atoms with Crippen molar-refractivity contribution in [1.82, 2.24) is 9.88 Å². The van der Waals surface area contributed by atoms with Crippen molar-refractivity contribution in [3.8, 4) is 0 Å². The van der Waals surface area contributed by atoms with E-state index < -0.39 is 0 Å². The van der Waals surface area contributed by atoms with Crippen molar-refractivity contribution in [1.29, 1.82) is 0 Å². The number of hydrogen-bond donors (Lipinski definition) is 0. The van der Waals surface area contributed by atoms with E-state index in [1.165, 1.54) is 50.2 Å². The summed E-state index contributed by atoms with van der Waals surface area (Å²) in [6.07, 6.45) is 7.10. The van der Waals surface area contributed by atoms with E-state index in [2.05, 4.69) is 56.6 Å². The molecule has 0 saturated carbocycles. The Morgan fingerprint density at radius 1 is 1.27 bits per heavy atom. The quantitative estimate of drug-likeness (QED) is 0.731. The predicted molar refractivity (Wildman–Crippen MR) is 95.4 cm³/mol. The highest BCUT2D eigenvalue weighted by atomic mass is 15.2. The van der Waals surface area contributed by atoms with Gasteiger partial charge in [0.15, 0.2) is 0 Å². The van der Waals surface area contributed by atoms with Gasteiger partial charge in [-0.05, 0) is 66.1 Å². The SMILES string of the molecule is CCCCN1CCC[C@@H]1c1cccnc1N(C(C)C)C(C)C. The third-order valence-corrected chi connectivity index (χ3v) is 4.70. The fraction of sp³-hybridized carbons (Fsp3) is 0.737. The minimum absolute atomic E-state index is 0.471. The summed E-state index contributed by atoms with van der Waals surface area (Å²) in [4.78, 5) is 9.91. The summed E-state index contributed by atoms with van der Waals surface area (Å²) in [5.41, 5.74) is 1.43. The fourth-order valence-corrected chi connectivity index (χ4v) is 3.78. The van der Waals surface area contributed by atoms with E-state index in [9.17, 15) is 0 Å². The van der Waals surface area contributed by atoms with Crippen molar-refractivity contribution in [3.05, 3.63) is 23.9 Å². The highest BCUT2D eigenvalue weighted by Crippen LogP contribution is 2.37. The summed E-state index contributed by atoms with van der Waals surface area (Å²) in [6.45, 7) is 13.8. The zero-order valence-electron chi connectivity index (χ0n) is 15.0. The molecule has 1 aromatic rings. The number of nitrogens with zero attached hydrogens (tertiary/aromatic N) is 3. The molecule has 1 atom stereocenters. The van der Waals surface area contributed by atoms with Crippen LogP contribution in [0.5, 0.6) is 0 Å². The molecule has 2 heterocycles. The van der Waals surface area contributed by atoms with Crippen LogP contribution in [0, 0.1) is 0 Å². The Hall–Kier alpha value is -1.09. The molecular weight excluding hydrogens is 270 g/mol. The molecule has 1 fully saturated rings.